The SMILES string of the molecule is CCCNC(=O)[C@@H](Cc1ccccc1)N(Cc1ccccc1)C(=O)CN(c1cccc([N+](=O)[O-])c1)S(C)(=O)=O. The van der Waals surface area contributed by atoms with E-state index in [9.17, 15) is 28.1 Å². The molecule has 3 rings (SSSR count). The quantitative estimate of drug-likeness (QED) is 0.255. The van der Waals surface area contributed by atoms with Crippen molar-refractivity contribution in [3.63, 3.8) is 0 Å². The topological polar surface area (TPSA) is 130 Å². The number of benzene rings is 3. The number of hydrogen-bond donors (Lipinski definition) is 1. The number of nitro groups is 1. The second-order valence-corrected chi connectivity index (χ2v) is 11.0. The van der Waals surface area contributed by atoms with E-state index in [1.807, 2.05) is 67.6 Å². The Hall–Kier alpha value is -4.25. The number of rotatable bonds is 13. The number of hydrogen-bond acceptors (Lipinski definition) is 6. The molecular formula is C28H32N4O6S. The Bertz CT molecular complexity index is 1380. The number of nitro benzene ring substituents is 1. The van der Waals surface area contributed by atoms with E-state index in [1.54, 1.807) is 0 Å². The highest BCUT2D eigenvalue weighted by molar-refractivity contribution is 7.92. The minimum Gasteiger partial charge on any atom is -0.354 e. The molecule has 0 fully saturated rings. The van der Waals surface area contributed by atoms with Gasteiger partial charge in [0.1, 0.15) is 12.6 Å². The number of amides is 2. The van der Waals surface area contributed by atoms with Crippen LogP contribution in [0.1, 0.15) is 24.5 Å². The number of nitrogens with one attached hydrogen (secondary N) is 1. The zero-order valence-corrected chi connectivity index (χ0v) is 22.7. The highest BCUT2D eigenvalue weighted by Gasteiger charge is 2.33. The summed E-state index contributed by atoms with van der Waals surface area (Å²) in [5, 5.41) is 14.2. The number of sulfonamides is 1. The maximum atomic E-state index is 13.9. The van der Waals surface area contributed by atoms with E-state index >= 15 is 0 Å². The van der Waals surface area contributed by atoms with Gasteiger partial charge in [0.25, 0.3) is 5.69 Å². The summed E-state index contributed by atoms with van der Waals surface area (Å²) in [6, 6.07) is 22.5. The lowest BCUT2D eigenvalue weighted by Gasteiger charge is -2.33. The molecule has 0 aliphatic carbocycles. The van der Waals surface area contributed by atoms with Crippen molar-refractivity contribution in [2.24, 2.45) is 0 Å². The molecule has 0 aromatic heterocycles. The third-order valence-corrected chi connectivity index (χ3v) is 7.16. The van der Waals surface area contributed by atoms with E-state index in [0.29, 0.717) is 13.0 Å². The minimum atomic E-state index is -4.02. The third-order valence-electron chi connectivity index (χ3n) is 6.02. The van der Waals surface area contributed by atoms with Gasteiger partial charge in [0, 0.05) is 31.6 Å². The molecule has 10 nitrogen and oxygen atoms in total. The fourth-order valence-electron chi connectivity index (χ4n) is 4.08. The van der Waals surface area contributed by atoms with E-state index in [2.05, 4.69) is 5.32 Å². The number of carbonyl (C=O) groups excluding carboxylic acids is 2. The van der Waals surface area contributed by atoms with Crippen LogP contribution in [0, 0.1) is 10.1 Å². The fourth-order valence-corrected chi connectivity index (χ4v) is 4.92. The first-order valence-electron chi connectivity index (χ1n) is 12.5. The molecule has 11 heteroatoms. The van der Waals surface area contributed by atoms with Gasteiger partial charge in [0.2, 0.25) is 21.8 Å². The van der Waals surface area contributed by atoms with E-state index in [4.69, 9.17) is 0 Å². The van der Waals surface area contributed by atoms with Gasteiger partial charge in [-0.2, -0.15) is 0 Å². The second kappa shape index (κ2) is 13.5. The highest BCUT2D eigenvalue weighted by atomic mass is 32.2. The summed E-state index contributed by atoms with van der Waals surface area (Å²) in [4.78, 5) is 39.4. The molecule has 0 radical (unpaired) electrons. The zero-order chi connectivity index (χ0) is 28.4. The van der Waals surface area contributed by atoms with Crippen molar-refractivity contribution in [1.82, 2.24) is 10.2 Å². The van der Waals surface area contributed by atoms with E-state index < -0.39 is 33.4 Å². The average molecular weight is 553 g/mol. The van der Waals surface area contributed by atoms with Gasteiger partial charge >= 0.3 is 0 Å². The standard InChI is InChI=1S/C28H32N4O6S/c1-3-17-29-28(34)26(18-22-11-6-4-7-12-22)30(20-23-13-8-5-9-14-23)27(33)21-31(39(2,37)38)24-15-10-16-25(19-24)32(35)36/h4-16,19,26H,3,17-18,20-21H2,1-2H3,(H,29,34)/t26-/m1/s1. The van der Waals surface area contributed by atoms with E-state index in [1.165, 1.54) is 23.1 Å². The van der Waals surface area contributed by atoms with Gasteiger partial charge in [-0.1, -0.05) is 73.7 Å². The van der Waals surface area contributed by atoms with Crippen LogP contribution in [-0.4, -0.2) is 55.4 Å². The first kappa shape index (κ1) is 29.3. The molecule has 0 saturated heterocycles. The van der Waals surface area contributed by atoms with Crippen LogP contribution >= 0.6 is 0 Å². The summed E-state index contributed by atoms with van der Waals surface area (Å²) in [6.07, 6.45) is 1.84. The predicted octanol–water partition coefficient (Wildman–Crippen LogP) is 3.53. The van der Waals surface area contributed by atoms with Crippen LogP contribution in [0.15, 0.2) is 84.9 Å². The third kappa shape index (κ3) is 8.37. The van der Waals surface area contributed by atoms with E-state index in [-0.39, 0.29) is 30.2 Å². The number of anilines is 1. The van der Waals surface area contributed by atoms with Crippen LogP contribution in [0.4, 0.5) is 11.4 Å². The van der Waals surface area contributed by atoms with Crippen molar-refractivity contribution in [1.29, 1.82) is 0 Å². The molecule has 3 aromatic rings. The molecule has 1 atom stereocenters. The number of carbonyl (C=O) groups is 2. The van der Waals surface area contributed by atoms with Gasteiger partial charge in [0.15, 0.2) is 0 Å². The Balaban J connectivity index is 2.04. The molecule has 0 aliphatic heterocycles. The van der Waals surface area contributed by atoms with Crippen molar-refractivity contribution in [3.05, 3.63) is 106 Å². The van der Waals surface area contributed by atoms with Crippen molar-refractivity contribution in [2.75, 3.05) is 23.7 Å². The lowest BCUT2D eigenvalue weighted by atomic mass is 10.0. The van der Waals surface area contributed by atoms with Crippen LogP contribution < -0.4 is 9.62 Å². The molecule has 0 saturated carbocycles. The van der Waals surface area contributed by atoms with Gasteiger partial charge in [-0.15, -0.1) is 0 Å². The van der Waals surface area contributed by atoms with Crippen molar-refractivity contribution in [2.45, 2.75) is 32.4 Å². The summed E-state index contributed by atoms with van der Waals surface area (Å²) in [6.45, 7) is 1.76. The van der Waals surface area contributed by atoms with Crippen LogP contribution in [0.25, 0.3) is 0 Å². The molecule has 206 valence electrons. The Kier molecular flexibility index (Phi) is 10.2. The first-order valence-corrected chi connectivity index (χ1v) is 14.3. The Morgan fingerprint density at radius 2 is 1.56 bits per heavy atom. The Morgan fingerprint density at radius 1 is 0.949 bits per heavy atom. The van der Waals surface area contributed by atoms with Crippen LogP contribution in [-0.2, 0) is 32.6 Å². The largest absolute Gasteiger partial charge is 0.354 e. The summed E-state index contributed by atoms with van der Waals surface area (Å²) < 4.78 is 26.4. The van der Waals surface area contributed by atoms with Crippen LogP contribution in [0.2, 0.25) is 0 Å². The van der Waals surface area contributed by atoms with Gasteiger partial charge in [-0.05, 0) is 23.6 Å². The maximum absolute atomic E-state index is 13.9. The van der Waals surface area contributed by atoms with Crippen LogP contribution in [0.3, 0.4) is 0 Å². The Morgan fingerprint density at radius 3 is 2.13 bits per heavy atom. The molecule has 0 aliphatic rings. The summed E-state index contributed by atoms with van der Waals surface area (Å²) in [5.74, 6) is -0.977. The van der Waals surface area contributed by atoms with Gasteiger partial charge in [-0.25, -0.2) is 8.42 Å². The maximum Gasteiger partial charge on any atom is 0.271 e. The zero-order valence-electron chi connectivity index (χ0n) is 21.9. The average Bonchev–Trinajstić information content (AvgIpc) is 2.92. The highest BCUT2D eigenvalue weighted by Crippen LogP contribution is 2.24. The van der Waals surface area contributed by atoms with Crippen molar-refractivity contribution < 1.29 is 22.9 Å². The molecule has 1 N–H and O–H groups in total. The van der Waals surface area contributed by atoms with Gasteiger partial charge in [0.05, 0.1) is 16.9 Å². The number of nitrogens with zero attached hydrogens (tertiary/aromatic N) is 3. The summed E-state index contributed by atoms with van der Waals surface area (Å²) >= 11 is 0. The smallest absolute Gasteiger partial charge is 0.271 e. The van der Waals surface area contributed by atoms with Crippen LogP contribution in [0.5, 0.6) is 0 Å². The molecular weight excluding hydrogens is 520 g/mol. The summed E-state index contributed by atoms with van der Waals surface area (Å²) in [7, 11) is -4.02. The van der Waals surface area contributed by atoms with Gasteiger partial charge in [-0.3, -0.25) is 24.0 Å². The normalized spacial score (nSPS) is 11.8. The molecule has 0 bridgehead atoms. The Labute approximate surface area is 228 Å². The van der Waals surface area contributed by atoms with Crippen molar-refractivity contribution in [3.8, 4) is 0 Å². The monoisotopic (exact) mass is 552 g/mol. The van der Waals surface area contributed by atoms with Gasteiger partial charge < -0.3 is 10.2 Å². The number of non-ortho nitro benzene ring substituents is 1. The molecule has 0 heterocycles. The first-order chi connectivity index (χ1) is 18.6. The minimum absolute atomic E-state index is 0.0187. The summed E-state index contributed by atoms with van der Waals surface area (Å²) in [5.41, 5.74) is 1.26. The second-order valence-electron chi connectivity index (χ2n) is 9.05. The molecule has 3 aromatic carbocycles. The molecule has 2 amide bonds. The molecule has 39 heavy (non-hydrogen) atoms. The lowest BCUT2D eigenvalue weighted by Crippen LogP contribution is -2.53. The molecule has 0 spiro atoms. The lowest BCUT2D eigenvalue weighted by molar-refractivity contribution is -0.384. The van der Waals surface area contributed by atoms with Crippen molar-refractivity contribution >= 4 is 33.2 Å². The molecule has 0 unspecified atom stereocenters. The van der Waals surface area contributed by atoms with E-state index in [0.717, 1.165) is 27.8 Å². The predicted molar refractivity (Wildman–Crippen MR) is 150 cm³/mol. The fraction of sp³-hybridized carbons (Fsp3) is 0.286.